The van der Waals surface area contributed by atoms with Gasteiger partial charge in [-0.25, -0.2) is 21.6 Å². The molecule has 1 fully saturated rings. The van der Waals surface area contributed by atoms with Crippen LogP contribution in [0.2, 0.25) is 0 Å². The van der Waals surface area contributed by atoms with Crippen molar-refractivity contribution in [1.82, 2.24) is 0 Å². The van der Waals surface area contributed by atoms with E-state index in [-0.39, 0.29) is 23.3 Å². The summed E-state index contributed by atoms with van der Waals surface area (Å²) in [7, 11) is -3.31. The van der Waals surface area contributed by atoms with Crippen LogP contribution in [0.25, 0.3) is 0 Å². The molecule has 3 aromatic carbocycles. The van der Waals surface area contributed by atoms with Gasteiger partial charge in [-0.15, -0.1) is 0 Å². The van der Waals surface area contributed by atoms with E-state index in [4.69, 9.17) is 0 Å². The smallest absolute Gasteiger partial charge is 0.430 e. The first-order chi connectivity index (χ1) is 19.5. The highest BCUT2D eigenvalue weighted by molar-refractivity contribution is 7.92. The SMILES string of the molecule is COc1ccc(F)c(COC(c2ccc(C3(S(=O)(=O)c4ccc(F)cc4)CCCC3)cc2)(C(F)(F)F)C(F)(F)F)c1F. The van der Waals surface area contributed by atoms with Crippen LogP contribution in [0, 0.1) is 17.5 Å². The maximum atomic E-state index is 14.6. The number of hydrogen-bond donors (Lipinski definition) is 0. The Morgan fingerprint density at radius 2 is 1.33 bits per heavy atom. The van der Waals surface area contributed by atoms with Crippen LogP contribution in [0.1, 0.15) is 42.4 Å². The lowest BCUT2D eigenvalue weighted by molar-refractivity contribution is -0.392. The Labute approximate surface area is 235 Å². The average molecular weight is 627 g/mol. The van der Waals surface area contributed by atoms with Gasteiger partial charge in [0.1, 0.15) is 16.4 Å². The highest BCUT2D eigenvalue weighted by Gasteiger charge is 2.73. The summed E-state index contributed by atoms with van der Waals surface area (Å²) in [6.07, 6.45) is -11.5. The van der Waals surface area contributed by atoms with E-state index in [2.05, 4.69) is 9.47 Å². The van der Waals surface area contributed by atoms with Crippen molar-refractivity contribution in [2.45, 2.75) is 59.9 Å². The monoisotopic (exact) mass is 626 g/mol. The summed E-state index contributed by atoms with van der Waals surface area (Å²) in [6, 6.07) is 7.85. The molecule has 14 heteroatoms. The van der Waals surface area contributed by atoms with Crippen molar-refractivity contribution < 1.29 is 57.4 Å². The topological polar surface area (TPSA) is 52.6 Å². The second-order valence-corrected chi connectivity index (χ2v) is 12.0. The molecule has 0 aliphatic heterocycles. The lowest BCUT2D eigenvalue weighted by atomic mass is 9.88. The molecule has 0 atom stereocenters. The second-order valence-electron chi connectivity index (χ2n) is 9.74. The molecule has 1 aliphatic carbocycles. The molecule has 42 heavy (non-hydrogen) atoms. The molecule has 0 unspecified atom stereocenters. The third-order valence-electron chi connectivity index (χ3n) is 7.47. The molecule has 4 rings (SSSR count). The van der Waals surface area contributed by atoms with Crippen LogP contribution >= 0.6 is 0 Å². The van der Waals surface area contributed by atoms with Gasteiger partial charge < -0.3 is 9.47 Å². The van der Waals surface area contributed by atoms with Crippen LogP contribution in [-0.2, 0) is 31.5 Å². The molecule has 0 saturated heterocycles. The fourth-order valence-corrected chi connectivity index (χ4v) is 7.51. The van der Waals surface area contributed by atoms with Gasteiger partial charge in [-0.05, 0) is 54.8 Å². The molecule has 0 bridgehead atoms. The van der Waals surface area contributed by atoms with Crippen LogP contribution in [0.15, 0.2) is 65.6 Å². The van der Waals surface area contributed by atoms with Crippen LogP contribution in [0.5, 0.6) is 5.75 Å². The number of sulfone groups is 1. The van der Waals surface area contributed by atoms with Gasteiger partial charge in [0.05, 0.1) is 24.2 Å². The number of rotatable bonds is 8. The van der Waals surface area contributed by atoms with Crippen molar-refractivity contribution in [1.29, 1.82) is 0 Å². The number of ether oxygens (including phenoxy) is 2. The summed E-state index contributed by atoms with van der Waals surface area (Å²) < 4.78 is 163. The number of alkyl halides is 6. The zero-order chi connectivity index (χ0) is 31.1. The average Bonchev–Trinajstić information content (AvgIpc) is 3.42. The van der Waals surface area contributed by atoms with Crippen molar-refractivity contribution in [2.24, 2.45) is 0 Å². The molecule has 3 aromatic rings. The largest absolute Gasteiger partial charge is 0.494 e. The maximum absolute atomic E-state index is 14.6. The minimum absolute atomic E-state index is 0.0145. The molecule has 0 N–H and O–H groups in total. The molecule has 1 aliphatic rings. The van der Waals surface area contributed by atoms with E-state index in [9.17, 15) is 47.9 Å². The van der Waals surface area contributed by atoms with Crippen LogP contribution < -0.4 is 4.74 Å². The standard InChI is InChI=1S/C28H23F9O4S/c1-40-23-13-12-22(30)21(24(23)31)16-41-26(27(32,33)34,28(35,36)37)18-6-4-17(5-7-18)25(14-2-3-15-25)42(38,39)20-10-8-19(29)9-11-20/h4-13H,2-3,14-16H2,1H3. The molecule has 4 nitrogen and oxygen atoms in total. The summed E-state index contributed by atoms with van der Waals surface area (Å²) >= 11 is 0. The number of methoxy groups -OCH3 is 1. The highest BCUT2D eigenvalue weighted by atomic mass is 32.2. The van der Waals surface area contributed by atoms with Crippen molar-refractivity contribution in [3.05, 3.63) is 94.8 Å². The predicted molar refractivity (Wildman–Crippen MR) is 132 cm³/mol. The number of hydrogen-bond acceptors (Lipinski definition) is 4. The summed E-state index contributed by atoms with van der Waals surface area (Å²) in [4.78, 5) is -0.263. The Bertz CT molecular complexity index is 1510. The zero-order valence-corrected chi connectivity index (χ0v) is 22.6. The molecular weight excluding hydrogens is 603 g/mol. The third kappa shape index (κ3) is 5.12. The molecular formula is C28H23F9O4S. The van der Waals surface area contributed by atoms with Gasteiger partial charge >= 0.3 is 12.4 Å². The predicted octanol–water partition coefficient (Wildman–Crippen LogP) is 7.89. The molecule has 0 spiro atoms. The van der Waals surface area contributed by atoms with Gasteiger partial charge in [0.25, 0.3) is 5.60 Å². The van der Waals surface area contributed by atoms with Crippen molar-refractivity contribution in [3.8, 4) is 5.75 Å². The maximum Gasteiger partial charge on any atom is 0.430 e. The van der Waals surface area contributed by atoms with Crippen molar-refractivity contribution >= 4 is 9.84 Å². The molecule has 1 saturated carbocycles. The Hall–Kier alpha value is -3.26. The third-order valence-corrected chi connectivity index (χ3v) is 10.0. The molecule has 228 valence electrons. The lowest BCUT2D eigenvalue weighted by Gasteiger charge is -2.38. The molecule has 0 heterocycles. The van der Waals surface area contributed by atoms with E-state index in [0.717, 1.165) is 49.6 Å². The highest BCUT2D eigenvalue weighted by Crippen LogP contribution is 2.54. The summed E-state index contributed by atoms with van der Waals surface area (Å²) in [5.74, 6) is -4.34. The van der Waals surface area contributed by atoms with Crippen LogP contribution in [0.4, 0.5) is 39.5 Å². The Balaban J connectivity index is 1.82. The summed E-state index contributed by atoms with van der Waals surface area (Å²) in [5, 5.41) is 0. The van der Waals surface area contributed by atoms with E-state index in [1.807, 2.05) is 0 Å². The fraction of sp³-hybridized carbons (Fsp3) is 0.357. The summed E-state index contributed by atoms with van der Waals surface area (Å²) in [6.45, 7) is -1.78. The van der Waals surface area contributed by atoms with Crippen LogP contribution in [0.3, 0.4) is 0 Å². The van der Waals surface area contributed by atoms with E-state index >= 15 is 0 Å². The first-order valence-electron chi connectivity index (χ1n) is 12.4. The fourth-order valence-electron chi connectivity index (χ4n) is 5.29. The minimum Gasteiger partial charge on any atom is -0.494 e. The lowest BCUT2D eigenvalue weighted by Crippen LogP contribution is -2.56. The van der Waals surface area contributed by atoms with Gasteiger partial charge in [0.15, 0.2) is 21.4 Å². The van der Waals surface area contributed by atoms with Gasteiger partial charge in [0, 0.05) is 5.56 Å². The van der Waals surface area contributed by atoms with Gasteiger partial charge in [-0.1, -0.05) is 37.1 Å². The van der Waals surface area contributed by atoms with Gasteiger partial charge in [-0.3, -0.25) is 0 Å². The Morgan fingerprint density at radius 1 is 0.786 bits per heavy atom. The van der Waals surface area contributed by atoms with Gasteiger partial charge in [0.2, 0.25) is 0 Å². The molecule has 0 radical (unpaired) electrons. The quantitative estimate of drug-likeness (QED) is 0.189. The van der Waals surface area contributed by atoms with E-state index < -0.39 is 73.5 Å². The normalized spacial score (nSPS) is 16.0. The minimum atomic E-state index is -6.18. The van der Waals surface area contributed by atoms with Gasteiger partial charge in [-0.2, -0.15) is 26.3 Å². The Kier molecular flexibility index (Phi) is 8.37. The zero-order valence-electron chi connectivity index (χ0n) is 21.8. The molecule has 0 amide bonds. The second kappa shape index (κ2) is 11.1. The summed E-state index contributed by atoms with van der Waals surface area (Å²) in [5.41, 5.74) is -7.82. The van der Waals surface area contributed by atoms with Crippen molar-refractivity contribution in [3.63, 3.8) is 0 Å². The Morgan fingerprint density at radius 3 is 1.83 bits per heavy atom. The van der Waals surface area contributed by atoms with Crippen LogP contribution in [-0.4, -0.2) is 27.9 Å². The first kappa shape index (κ1) is 31.7. The number of halogens is 9. The first-order valence-corrected chi connectivity index (χ1v) is 13.9. The number of benzene rings is 3. The molecule has 0 aromatic heterocycles. The van der Waals surface area contributed by atoms with E-state index in [0.29, 0.717) is 31.0 Å². The van der Waals surface area contributed by atoms with Crippen molar-refractivity contribution in [2.75, 3.05) is 7.11 Å². The van der Waals surface area contributed by atoms with E-state index in [1.54, 1.807) is 0 Å². The van der Waals surface area contributed by atoms with E-state index in [1.165, 1.54) is 0 Å².